The number of carbonyl (C=O) groups excluding carboxylic acids is 1. The van der Waals surface area contributed by atoms with Crippen molar-refractivity contribution in [3.63, 3.8) is 0 Å². The SMILES string of the molecule is CCOC(=O)/C=C/CNCCCN1CCCCC1C. The maximum absolute atomic E-state index is 11.0. The maximum atomic E-state index is 11.0. The number of carbonyl (C=O) groups is 1. The van der Waals surface area contributed by atoms with Gasteiger partial charge in [-0.2, -0.15) is 0 Å². The Morgan fingerprint density at radius 3 is 3.05 bits per heavy atom. The molecule has 1 fully saturated rings. The molecule has 0 radical (unpaired) electrons. The molecule has 1 atom stereocenters. The summed E-state index contributed by atoms with van der Waals surface area (Å²) in [7, 11) is 0. The van der Waals surface area contributed by atoms with Gasteiger partial charge in [0.15, 0.2) is 0 Å². The topological polar surface area (TPSA) is 41.6 Å². The van der Waals surface area contributed by atoms with Gasteiger partial charge in [0.1, 0.15) is 0 Å². The van der Waals surface area contributed by atoms with Gasteiger partial charge in [-0.25, -0.2) is 4.79 Å². The Morgan fingerprint density at radius 2 is 2.32 bits per heavy atom. The summed E-state index contributed by atoms with van der Waals surface area (Å²) < 4.78 is 4.80. The van der Waals surface area contributed by atoms with E-state index >= 15 is 0 Å². The Hall–Kier alpha value is -0.870. The zero-order valence-corrected chi connectivity index (χ0v) is 12.4. The number of piperidine rings is 1. The Kier molecular flexibility index (Phi) is 8.50. The summed E-state index contributed by atoms with van der Waals surface area (Å²) in [5.74, 6) is -0.258. The van der Waals surface area contributed by atoms with Crippen molar-refractivity contribution in [2.45, 2.75) is 45.6 Å². The second-order valence-electron chi connectivity index (χ2n) is 5.09. The van der Waals surface area contributed by atoms with E-state index in [0.29, 0.717) is 6.61 Å². The Labute approximate surface area is 117 Å². The Morgan fingerprint density at radius 1 is 1.47 bits per heavy atom. The van der Waals surface area contributed by atoms with Crippen LogP contribution in [0.2, 0.25) is 0 Å². The van der Waals surface area contributed by atoms with E-state index in [-0.39, 0.29) is 5.97 Å². The summed E-state index contributed by atoms with van der Waals surface area (Å²) in [4.78, 5) is 13.6. The molecular weight excluding hydrogens is 240 g/mol. The first-order valence-electron chi connectivity index (χ1n) is 7.52. The molecule has 0 saturated carbocycles. The highest BCUT2D eigenvalue weighted by Crippen LogP contribution is 2.15. The largest absolute Gasteiger partial charge is 0.463 e. The van der Waals surface area contributed by atoms with Crippen molar-refractivity contribution in [2.24, 2.45) is 0 Å². The lowest BCUT2D eigenvalue weighted by atomic mass is 10.0. The van der Waals surface area contributed by atoms with Crippen LogP contribution in [0.1, 0.15) is 39.5 Å². The monoisotopic (exact) mass is 268 g/mol. The minimum Gasteiger partial charge on any atom is -0.463 e. The number of hydrogen-bond acceptors (Lipinski definition) is 4. The first-order valence-corrected chi connectivity index (χ1v) is 7.52. The van der Waals surface area contributed by atoms with Crippen molar-refractivity contribution in [2.75, 3.05) is 32.8 Å². The molecule has 1 aliphatic heterocycles. The molecule has 0 aromatic heterocycles. The lowest BCUT2D eigenvalue weighted by Crippen LogP contribution is -2.38. The first-order chi connectivity index (χ1) is 9.24. The number of nitrogens with zero attached hydrogens (tertiary/aromatic N) is 1. The van der Waals surface area contributed by atoms with Crippen LogP contribution < -0.4 is 5.32 Å². The van der Waals surface area contributed by atoms with Gasteiger partial charge < -0.3 is 15.0 Å². The van der Waals surface area contributed by atoms with E-state index < -0.39 is 0 Å². The molecule has 1 rings (SSSR count). The van der Waals surface area contributed by atoms with E-state index in [1.807, 2.05) is 13.0 Å². The molecule has 0 bridgehead atoms. The maximum Gasteiger partial charge on any atom is 0.330 e. The van der Waals surface area contributed by atoms with Crippen molar-refractivity contribution in [1.82, 2.24) is 10.2 Å². The van der Waals surface area contributed by atoms with Gasteiger partial charge in [0.05, 0.1) is 6.61 Å². The normalized spacial score (nSPS) is 20.8. The number of likely N-dealkylation sites (tertiary alicyclic amines) is 1. The standard InChI is InChI=1S/C15H28N2O2/c1-3-19-15(18)9-6-10-16-11-7-13-17-12-5-4-8-14(17)2/h6,9,14,16H,3-5,7-8,10-13H2,1-2H3/b9-6+. The van der Waals surface area contributed by atoms with Crippen LogP contribution in [0.3, 0.4) is 0 Å². The zero-order valence-electron chi connectivity index (χ0n) is 12.4. The molecule has 1 saturated heterocycles. The first kappa shape index (κ1) is 16.2. The molecular formula is C15H28N2O2. The van der Waals surface area contributed by atoms with Crippen LogP contribution in [0.5, 0.6) is 0 Å². The van der Waals surface area contributed by atoms with Crippen molar-refractivity contribution in [3.05, 3.63) is 12.2 Å². The summed E-state index contributed by atoms with van der Waals surface area (Å²) in [6.45, 7) is 8.73. The predicted molar refractivity (Wildman–Crippen MR) is 78.1 cm³/mol. The van der Waals surface area contributed by atoms with E-state index in [2.05, 4.69) is 17.1 Å². The number of rotatable bonds is 8. The summed E-state index contributed by atoms with van der Waals surface area (Å²) in [6, 6.07) is 0.748. The average molecular weight is 268 g/mol. The van der Waals surface area contributed by atoms with Gasteiger partial charge in [-0.15, -0.1) is 0 Å². The molecule has 4 heteroatoms. The molecule has 1 N–H and O–H groups in total. The number of ether oxygens (including phenoxy) is 1. The Bertz CT molecular complexity index is 279. The zero-order chi connectivity index (χ0) is 13.9. The average Bonchev–Trinajstić information content (AvgIpc) is 2.40. The third-order valence-corrected chi connectivity index (χ3v) is 3.54. The van der Waals surface area contributed by atoms with Gasteiger partial charge in [0.2, 0.25) is 0 Å². The van der Waals surface area contributed by atoms with Crippen molar-refractivity contribution in [3.8, 4) is 0 Å². The smallest absolute Gasteiger partial charge is 0.330 e. The van der Waals surface area contributed by atoms with Crippen LogP contribution in [0.25, 0.3) is 0 Å². The molecule has 1 heterocycles. The van der Waals surface area contributed by atoms with Crippen LogP contribution in [0, 0.1) is 0 Å². The fraction of sp³-hybridized carbons (Fsp3) is 0.800. The van der Waals surface area contributed by atoms with Gasteiger partial charge in [-0.05, 0) is 52.7 Å². The van der Waals surface area contributed by atoms with Crippen molar-refractivity contribution < 1.29 is 9.53 Å². The molecule has 19 heavy (non-hydrogen) atoms. The Balaban J connectivity index is 1.97. The fourth-order valence-electron chi connectivity index (χ4n) is 2.43. The quantitative estimate of drug-likeness (QED) is 0.415. The molecule has 1 aliphatic rings. The van der Waals surface area contributed by atoms with Gasteiger partial charge in [0.25, 0.3) is 0 Å². The summed E-state index contributed by atoms with van der Waals surface area (Å²) in [5, 5.41) is 3.32. The summed E-state index contributed by atoms with van der Waals surface area (Å²) in [6.07, 6.45) is 8.55. The second kappa shape index (κ2) is 9.98. The number of hydrogen-bond donors (Lipinski definition) is 1. The van der Waals surface area contributed by atoms with Crippen LogP contribution in [0.4, 0.5) is 0 Å². The van der Waals surface area contributed by atoms with Crippen molar-refractivity contribution >= 4 is 5.97 Å². The van der Waals surface area contributed by atoms with Gasteiger partial charge >= 0.3 is 5.97 Å². The molecule has 4 nitrogen and oxygen atoms in total. The van der Waals surface area contributed by atoms with Gasteiger partial charge in [0, 0.05) is 18.7 Å². The molecule has 0 aromatic carbocycles. The summed E-state index contributed by atoms with van der Waals surface area (Å²) >= 11 is 0. The minimum absolute atomic E-state index is 0.258. The highest BCUT2D eigenvalue weighted by Gasteiger charge is 2.16. The molecule has 0 aliphatic carbocycles. The van der Waals surface area contributed by atoms with E-state index in [0.717, 1.165) is 25.6 Å². The molecule has 0 spiro atoms. The third kappa shape index (κ3) is 7.33. The predicted octanol–water partition coefficient (Wildman–Crippen LogP) is 1.96. The van der Waals surface area contributed by atoms with Crippen molar-refractivity contribution in [1.29, 1.82) is 0 Å². The minimum atomic E-state index is -0.258. The lowest BCUT2D eigenvalue weighted by Gasteiger charge is -2.33. The number of esters is 1. The third-order valence-electron chi connectivity index (χ3n) is 3.54. The van der Waals surface area contributed by atoms with Crippen LogP contribution in [-0.4, -0.2) is 49.7 Å². The van der Waals surface area contributed by atoms with E-state index in [4.69, 9.17) is 4.74 Å². The van der Waals surface area contributed by atoms with E-state index in [9.17, 15) is 4.79 Å². The molecule has 1 unspecified atom stereocenters. The van der Waals surface area contributed by atoms with Gasteiger partial charge in [-0.1, -0.05) is 12.5 Å². The van der Waals surface area contributed by atoms with Crippen LogP contribution >= 0.6 is 0 Å². The highest BCUT2D eigenvalue weighted by atomic mass is 16.5. The second-order valence-corrected chi connectivity index (χ2v) is 5.09. The molecule has 110 valence electrons. The fourth-order valence-corrected chi connectivity index (χ4v) is 2.43. The highest BCUT2D eigenvalue weighted by molar-refractivity contribution is 5.81. The summed E-state index contributed by atoms with van der Waals surface area (Å²) in [5.41, 5.74) is 0. The molecule has 0 amide bonds. The van der Waals surface area contributed by atoms with Crippen LogP contribution in [-0.2, 0) is 9.53 Å². The lowest BCUT2D eigenvalue weighted by molar-refractivity contribution is -0.137. The van der Waals surface area contributed by atoms with Gasteiger partial charge in [-0.3, -0.25) is 0 Å². The van der Waals surface area contributed by atoms with Crippen LogP contribution in [0.15, 0.2) is 12.2 Å². The van der Waals surface area contributed by atoms with E-state index in [1.165, 1.54) is 38.4 Å². The number of nitrogens with one attached hydrogen (secondary N) is 1. The van der Waals surface area contributed by atoms with E-state index in [1.54, 1.807) is 0 Å². The molecule has 0 aromatic rings.